The van der Waals surface area contributed by atoms with Crippen molar-refractivity contribution in [2.45, 2.75) is 11.8 Å². The molecule has 0 aromatic heterocycles. The van der Waals surface area contributed by atoms with Gasteiger partial charge in [-0.3, -0.25) is 4.72 Å². The standard InChI is InChI=1S/C14H14ClIN2O2S/c1-2-17-11-4-6-12(7-5-11)21(19,20)18-14-8-3-10(16)9-13(14)15/h3-9,17-18H,2H2,1H3. The summed E-state index contributed by atoms with van der Waals surface area (Å²) in [6, 6.07) is 11.7. The lowest BCUT2D eigenvalue weighted by Crippen LogP contribution is -2.13. The second kappa shape index (κ2) is 6.85. The van der Waals surface area contributed by atoms with Crippen molar-refractivity contribution in [2.75, 3.05) is 16.6 Å². The van der Waals surface area contributed by atoms with Crippen LogP contribution in [0, 0.1) is 3.57 Å². The fourth-order valence-electron chi connectivity index (χ4n) is 1.73. The van der Waals surface area contributed by atoms with Gasteiger partial charge in [-0.25, -0.2) is 8.42 Å². The zero-order valence-corrected chi connectivity index (χ0v) is 15.0. The van der Waals surface area contributed by atoms with Crippen LogP contribution in [0.3, 0.4) is 0 Å². The van der Waals surface area contributed by atoms with Gasteiger partial charge >= 0.3 is 0 Å². The number of halogens is 2. The fraction of sp³-hybridized carbons (Fsp3) is 0.143. The van der Waals surface area contributed by atoms with Crippen LogP contribution >= 0.6 is 34.2 Å². The van der Waals surface area contributed by atoms with Crippen LogP contribution in [0.25, 0.3) is 0 Å². The number of hydrogen-bond donors (Lipinski definition) is 2. The summed E-state index contributed by atoms with van der Waals surface area (Å²) in [5, 5.41) is 3.48. The molecule has 0 atom stereocenters. The lowest BCUT2D eigenvalue weighted by molar-refractivity contribution is 0.601. The van der Waals surface area contributed by atoms with E-state index in [0.717, 1.165) is 15.8 Å². The van der Waals surface area contributed by atoms with Gasteiger partial charge in [-0.05, 0) is 72.0 Å². The van der Waals surface area contributed by atoms with E-state index in [0.29, 0.717) is 10.7 Å². The van der Waals surface area contributed by atoms with Gasteiger partial charge in [0.2, 0.25) is 0 Å². The van der Waals surface area contributed by atoms with Crippen molar-refractivity contribution < 1.29 is 8.42 Å². The van der Waals surface area contributed by atoms with Gasteiger partial charge in [0, 0.05) is 15.8 Å². The molecule has 0 radical (unpaired) electrons. The van der Waals surface area contributed by atoms with E-state index in [2.05, 4.69) is 32.6 Å². The molecule has 0 unspecified atom stereocenters. The predicted octanol–water partition coefficient (Wildman–Crippen LogP) is 4.18. The van der Waals surface area contributed by atoms with Crippen molar-refractivity contribution in [2.24, 2.45) is 0 Å². The van der Waals surface area contributed by atoms with Crippen LogP contribution in [-0.4, -0.2) is 15.0 Å². The number of nitrogens with one attached hydrogen (secondary N) is 2. The molecule has 0 aliphatic carbocycles. The van der Waals surface area contributed by atoms with Crippen LogP contribution in [0.1, 0.15) is 6.92 Å². The average Bonchev–Trinajstić information content (AvgIpc) is 2.43. The Hall–Kier alpha value is -0.990. The summed E-state index contributed by atoms with van der Waals surface area (Å²) in [6.07, 6.45) is 0. The molecule has 0 amide bonds. The van der Waals surface area contributed by atoms with Gasteiger partial charge in [-0.2, -0.15) is 0 Å². The number of hydrogen-bond acceptors (Lipinski definition) is 3. The van der Waals surface area contributed by atoms with E-state index in [1.807, 2.05) is 6.92 Å². The largest absolute Gasteiger partial charge is 0.385 e. The highest BCUT2D eigenvalue weighted by Crippen LogP contribution is 2.26. The zero-order valence-electron chi connectivity index (χ0n) is 11.2. The Balaban J connectivity index is 2.25. The third kappa shape index (κ3) is 4.24. The predicted molar refractivity (Wildman–Crippen MR) is 95.6 cm³/mol. The lowest BCUT2D eigenvalue weighted by atomic mass is 10.3. The quantitative estimate of drug-likeness (QED) is 0.692. The van der Waals surface area contributed by atoms with E-state index in [4.69, 9.17) is 11.6 Å². The third-order valence-corrected chi connectivity index (χ3v) is 5.09. The Morgan fingerprint density at radius 2 is 1.81 bits per heavy atom. The molecule has 2 rings (SSSR count). The van der Waals surface area contributed by atoms with E-state index in [9.17, 15) is 8.42 Å². The second-order valence-electron chi connectivity index (χ2n) is 4.28. The van der Waals surface area contributed by atoms with Gasteiger partial charge in [0.1, 0.15) is 0 Å². The minimum atomic E-state index is -3.65. The van der Waals surface area contributed by atoms with E-state index < -0.39 is 10.0 Å². The lowest BCUT2D eigenvalue weighted by Gasteiger charge is -2.10. The molecule has 112 valence electrons. The molecule has 0 saturated carbocycles. The van der Waals surface area contributed by atoms with Gasteiger partial charge in [0.25, 0.3) is 10.0 Å². The smallest absolute Gasteiger partial charge is 0.261 e. The van der Waals surface area contributed by atoms with Gasteiger partial charge in [-0.1, -0.05) is 11.6 Å². The van der Waals surface area contributed by atoms with Crippen LogP contribution in [0.4, 0.5) is 11.4 Å². The molecule has 21 heavy (non-hydrogen) atoms. The van der Waals surface area contributed by atoms with Crippen molar-refractivity contribution >= 4 is 55.6 Å². The highest BCUT2D eigenvalue weighted by Gasteiger charge is 2.15. The Kier molecular flexibility index (Phi) is 5.34. The first kappa shape index (κ1) is 16.4. The molecule has 0 fully saturated rings. The van der Waals surface area contributed by atoms with Crippen LogP contribution in [0.2, 0.25) is 5.02 Å². The van der Waals surface area contributed by atoms with E-state index in [1.165, 1.54) is 0 Å². The zero-order chi connectivity index (χ0) is 15.5. The van der Waals surface area contributed by atoms with Crippen LogP contribution < -0.4 is 10.0 Å². The molecule has 4 nitrogen and oxygen atoms in total. The van der Waals surface area contributed by atoms with Gasteiger partial charge in [-0.15, -0.1) is 0 Å². The minimum Gasteiger partial charge on any atom is -0.385 e. The molecule has 2 aromatic carbocycles. The molecule has 0 aliphatic rings. The molecule has 0 heterocycles. The summed E-state index contributed by atoms with van der Waals surface area (Å²) in [4.78, 5) is 0.193. The van der Waals surface area contributed by atoms with Crippen LogP contribution in [0.5, 0.6) is 0 Å². The van der Waals surface area contributed by atoms with Crippen LogP contribution in [-0.2, 0) is 10.0 Å². The number of sulfonamides is 1. The minimum absolute atomic E-state index is 0.193. The summed E-state index contributed by atoms with van der Waals surface area (Å²) in [6.45, 7) is 2.76. The van der Waals surface area contributed by atoms with Crippen LogP contribution in [0.15, 0.2) is 47.4 Å². The highest BCUT2D eigenvalue weighted by atomic mass is 127. The molecule has 2 N–H and O–H groups in total. The number of anilines is 2. The first-order valence-corrected chi connectivity index (χ1v) is 9.18. The molecule has 0 spiro atoms. The second-order valence-corrected chi connectivity index (χ2v) is 7.62. The molecular weight excluding hydrogens is 423 g/mol. The molecule has 0 bridgehead atoms. The van der Waals surface area contributed by atoms with Crippen molar-refractivity contribution in [3.8, 4) is 0 Å². The Morgan fingerprint density at radius 3 is 2.38 bits per heavy atom. The molecule has 0 aliphatic heterocycles. The van der Waals surface area contributed by atoms with E-state index in [1.54, 1.807) is 42.5 Å². The highest BCUT2D eigenvalue weighted by molar-refractivity contribution is 14.1. The number of rotatable bonds is 5. The van der Waals surface area contributed by atoms with Crippen molar-refractivity contribution in [1.29, 1.82) is 0 Å². The van der Waals surface area contributed by atoms with E-state index in [-0.39, 0.29) is 4.90 Å². The van der Waals surface area contributed by atoms with Gasteiger partial charge < -0.3 is 5.32 Å². The van der Waals surface area contributed by atoms with E-state index >= 15 is 0 Å². The third-order valence-electron chi connectivity index (χ3n) is 2.72. The Bertz CT molecular complexity index is 733. The molecule has 2 aromatic rings. The summed E-state index contributed by atoms with van der Waals surface area (Å²) in [5.41, 5.74) is 1.25. The summed E-state index contributed by atoms with van der Waals surface area (Å²) < 4.78 is 28.1. The molecular formula is C14H14ClIN2O2S. The molecule has 0 saturated heterocycles. The monoisotopic (exact) mass is 436 g/mol. The normalized spacial score (nSPS) is 11.2. The SMILES string of the molecule is CCNc1ccc(S(=O)(=O)Nc2ccc(I)cc2Cl)cc1. The van der Waals surface area contributed by atoms with Crippen molar-refractivity contribution in [3.63, 3.8) is 0 Å². The first-order valence-electron chi connectivity index (χ1n) is 6.24. The van der Waals surface area contributed by atoms with Crippen molar-refractivity contribution in [3.05, 3.63) is 51.1 Å². The average molecular weight is 437 g/mol. The maximum absolute atomic E-state index is 12.3. The fourth-order valence-corrected chi connectivity index (χ4v) is 3.77. The van der Waals surface area contributed by atoms with Crippen molar-refractivity contribution in [1.82, 2.24) is 0 Å². The topological polar surface area (TPSA) is 58.2 Å². The summed E-state index contributed by atoms with van der Waals surface area (Å²) in [7, 11) is -3.65. The number of benzene rings is 2. The first-order chi connectivity index (χ1) is 9.92. The maximum Gasteiger partial charge on any atom is 0.261 e. The maximum atomic E-state index is 12.3. The van der Waals surface area contributed by atoms with Gasteiger partial charge in [0.05, 0.1) is 15.6 Å². The summed E-state index contributed by atoms with van der Waals surface area (Å²) in [5.74, 6) is 0. The Labute approximate surface area is 143 Å². The van der Waals surface area contributed by atoms with Gasteiger partial charge in [0.15, 0.2) is 0 Å². The summed E-state index contributed by atoms with van der Waals surface area (Å²) >= 11 is 8.16. The Morgan fingerprint density at radius 1 is 1.14 bits per heavy atom. The molecule has 7 heteroatoms.